The van der Waals surface area contributed by atoms with E-state index >= 15 is 0 Å². The van der Waals surface area contributed by atoms with E-state index < -0.39 is 0 Å². The van der Waals surface area contributed by atoms with Crippen LogP contribution >= 0.6 is 0 Å². The summed E-state index contributed by atoms with van der Waals surface area (Å²) in [5, 5.41) is 3.66. The molecule has 118 valence electrons. The number of allylic oxidation sites excluding steroid dienone is 2. The Hall–Kier alpha value is -1.87. The molecule has 0 radical (unpaired) electrons. The van der Waals surface area contributed by atoms with Crippen LogP contribution in [-0.2, 0) is 10.2 Å². The first-order valence-corrected chi connectivity index (χ1v) is 8.70. The molecule has 3 nitrogen and oxygen atoms in total. The lowest BCUT2D eigenvalue weighted by Crippen LogP contribution is -2.61. The number of quaternary nitrogens is 1. The highest BCUT2D eigenvalue weighted by molar-refractivity contribution is 5.84. The number of para-hydroxylation sites is 1. The quantitative estimate of drug-likeness (QED) is 0.491. The number of likely N-dealkylation sites (N-methyl/N-ethyl adjacent to an activating group) is 1. The maximum absolute atomic E-state index is 12.0. The van der Waals surface area contributed by atoms with Crippen molar-refractivity contribution in [1.29, 1.82) is 0 Å². The van der Waals surface area contributed by atoms with Gasteiger partial charge in [-0.3, -0.25) is 4.79 Å². The van der Waals surface area contributed by atoms with Crippen LogP contribution in [0.25, 0.3) is 0 Å². The number of fused-ring (bicyclic) bond motifs is 2. The Bertz CT molecular complexity index is 793. The van der Waals surface area contributed by atoms with Gasteiger partial charge in [0.2, 0.25) is 0 Å². The topological polar surface area (TPSA) is 29.1 Å². The molecule has 4 atom stereocenters. The van der Waals surface area contributed by atoms with Crippen molar-refractivity contribution in [2.75, 3.05) is 25.5 Å². The zero-order chi connectivity index (χ0) is 15.8. The first kappa shape index (κ1) is 13.6. The number of piperidine rings is 1. The molecule has 3 heterocycles. The molecule has 2 saturated heterocycles. The summed E-state index contributed by atoms with van der Waals surface area (Å²) >= 11 is 0. The van der Waals surface area contributed by atoms with Gasteiger partial charge in [-0.15, -0.1) is 0 Å². The molecule has 4 aliphatic rings. The van der Waals surface area contributed by atoms with E-state index in [2.05, 4.69) is 49.6 Å². The molecule has 5 rings (SSSR count). The number of nitrogens with one attached hydrogen (secondary N) is 1. The van der Waals surface area contributed by atoms with Crippen LogP contribution < -0.4 is 5.32 Å². The maximum Gasteiger partial charge on any atom is 0.148 e. The molecule has 2 fully saturated rings. The van der Waals surface area contributed by atoms with Crippen molar-refractivity contribution in [3.63, 3.8) is 0 Å². The standard InChI is InChI=1S/C20H22N2O/c1-3-13-11-22(2)9-8-20-16-6-4-5-7-17(16)21-19(20)15(12-23)14(13)10-18(20)22/h3-7,12,14,18H,8-11H2,1-2H3/p+1/t14-,18-,20+,22-/m0/s1. The van der Waals surface area contributed by atoms with Crippen molar-refractivity contribution in [3.05, 3.63) is 52.7 Å². The lowest BCUT2D eigenvalue weighted by molar-refractivity contribution is -0.923. The van der Waals surface area contributed by atoms with Crippen LogP contribution in [0.3, 0.4) is 0 Å². The number of aldehydes is 1. The SMILES string of the molecule is CC=C1C[N@+]2(C)CC[C@]34C(=C(C=O)[C@H]1C[C@@H]32)Nc1ccccc14. The van der Waals surface area contributed by atoms with Gasteiger partial charge in [-0.2, -0.15) is 0 Å². The van der Waals surface area contributed by atoms with Gasteiger partial charge in [0.25, 0.3) is 0 Å². The van der Waals surface area contributed by atoms with Gasteiger partial charge in [0, 0.05) is 35.7 Å². The van der Waals surface area contributed by atoms with Crippen LogP contribution in [0.2, 0.25) is 0 Å². The molecule has 3 heteroatoms. The average molecular weight is 307 g/mol. The summed E-state index contributed by atoms with van der Waals surface area (Å²) in [7, 11) is 2.42. The minimum atomic E-state index is 0.0390. The number of nitrogens with zero attached hydrogens (tertiary/aromatic N) is 1. The monoisotopic (exact) mass is 307 g/mol. The summed E-state index contributed by atoms with van der Waals surface area (Å²) in [6, 6.07) is 9.27. The van der Waals surface area contributed by atoms with Crippen molar-refractivity contribution in [2.24, 2.45) is 5.92 Å². The molecular formula is C20H23N2O+. The van der Waals surface area contributed by atoms with Gasteiger partial charge in [-0.1, -0.05) is 24.3 Å². The minimum absolute atomic E-state index is 0.0390. The largest absolute Gasteiger partial charge is 0.357 e. The molecule has 1 N–H and O–H groups in total. The molecule has 1 aromatic carbocycles. The fourth-order valence-electron chi connectivity index (χ4n) is 6.07. The zero-order valence-corrected chi connectivity index (χ0v) is 13.8. The van der Waals surface area contributed by atoms with E-state index in [0.717, 1.165) is 35.7 Å². The third kappa shape index (κ3) is 1.38. The second-order valence-corrected chi connectivity index (χ2v) is 7.87. The minimum Gasteiger partial charge on any atom is -0.357 e. The van der Waals surface area contributed by atoms with Gasteiger partial charge in [-0.25, -0.2) is 0 Å². The number of anilines is 1. The van der Waals surface area contributed by atoms with E-state index in [1.807, 2.05) is 0 Å². The molecule has 23 heavy (non-hydrogen) atoms. The number of benzene rings is 1. The molecule has 2 bridgehead atoms. The first-order chi connectivity index (χ1) is 11.1. The molecule has 1 spiro atoms. The first-order valence-electron chi connectivity index (χ1n) is 8.70. The van der Waals surface area contributed by atoms with Crippen LogP contribution in [0.1, 0.15) is 25.3 Å². The third-order valence-corrected chi connectivity index (χ3v) is 7.06. The van der Waals surface area contributed by atoms with Crippen molar-refractivity contribution in [3.8, 4) is 0 Å². The van der Waals surface area contributed by atoms with Crippen LogP contribution in [-0.4, -0.2) is 36.9 Å². The molecule has 0 aromatic heterocycles. The fourth-order valence-corrected chi connectivity index (χ4v) is 6.07. The van der Waals surface area contributed by atoms with E-state index in [1.165, 1.54) is 29.1 Å². The molecular weight excluding hydrogens is 284 g/mol. The van der Waals surface area contributed by atoms with Gasteiger partial charge in [0.15, 0.2) is 0 Å². The Balaban J connectivity index is 1.85. The summed E-state index contributed by atoms with van der Waals surface area (Å²) < 4.78 is 1.13. The predicted octanol–water partition coefficient (Wildman–Crippen LogP) is 3.00. The summed E-state index contributed by atoms with van der Waals surface area (Å²) in [5.74, 6) is 0.316. The number of carbonyl (C=O) groups is 1. The Morgan fingerprint density at radius 1 is 1.35 bits per heavy atom. The summed E-state index contributed by atoms with van der Waals surface area (Å²) in [6.45, 7) is 4.42. The van der Waals surface area contributed by atoms with Crippen molar-refractivity contribution >= 4 is 12.0 Å². The molecule has 0 amide bonds. The molecule has 0 unspecified atom stereocenters. The van der Waals surface area contributed by atoms with E-state index in [4.69, 9.17) is 0 Å². The highest BCUT2D eigenvalue weighted by Gasteiger charge is 2.67. The van der Waals surface area contributed by atoms with Crippen LogP contribution in [0.4, 0.5) is 5.69 Å². The van der Waals surface area contributed by atoms with Gasteiger partial charge in [0.1, 0.15) is 18.9 Å². The van der Waals surface area contributed by atoms with Gasteiger partial charge in [0.05, 0.1) is 19.0 Å². The Kier molecular flexibility index (Phi) is 2.45. The lowest BCUT2D eigenvalue weighted by atomic mass is 9.61. The van der Waals surface area contributed by atoms with Gasteiger partial charge >= 0.3 is 0 Å². The summed E-state index contributed by atoms with van der Waals surface area (Å²) in [4.78, 5) is 12.0. The maximum atomic E-state index is 12.0. The van der Waals surface area contributed by atoms with Crippen LogP contribution in [0.15, 0.2) is 47.2 Å². The van der Waals surface area contributed by atoms with Crippen molar-refractivity contribution in [1.82, 2.24) is 0 Å². The third-order valence-electron chi connectivity index (χ3n) is 7.06. The van der Waals surface area contributed by atoms with Gasteiger partial charge < -0.3 is 9.80 Å². The Morgan fingerprint density at radius 2 is 2.17 bits per heavy atom. The molecule has 1 aliphatic carbocycles. The highest BCUT2D eigenvalue weighted by atomic mass is 16.1. The number of rotatable bonds is 1. The van der Waals surface area contributed by atoms with Crippen LogP contribution in [0, 0.1) is 5.92 Å². The highest BCUT2D eigenvalue weighted by Crippen LogP contribution is 2.62. The van der Waals surface area contributed by atoms with E-state index in [-0.39, 0.29) is 5.41 Å². The average Bonchev–Trinajstić information content (AvgIpc) is 3.08. The second kappa shape index (κ2) is 4.15. The predicted molar refractivity (Wildman–Crippen MR) is 91.0 cm³/mol. The van der Waals surface area contributed by atoms with E-state index in [9.17, 15) is 4.79 Å². The lowest BCUT2D eigenvalue weighted by Gasteiger charge is -2.51. The van der Waals surface area contributed by atoms with Crippen LogP contribution in [0.5, 0.6) is 0 Å². The number of hydrogen-bond donors (Lipinski definition) is 1. The number of carbonyl (C=O) groups excluding carboxylic acids is 1. The fraction of sp³-hybridized carbons (Fsp3) is 0.450. The van der Waals surface area contributed by atoms with Crippen molar-refractivity contribution in [2.45, 2.75) is 31.2 Å². The summed E-state index contributed by atoms with van der Waals surface area (Å²) in [5.41, 5.74) is 6.35. The van der Waals surface area contributed by atoms with Crippen molar-refractivity contribution < 1.29 is 9.28 Å². The van der Waals surface area contributed by atoms with Gasteiger partial charge in [-0.05, 0) is 24.1 Å². The number of hydrogen-bond acceptors (Lipinski definition) is 2. The van der Waals surface area contributed by atoms with E-state index in [0.29, 0.717) is 12.0 Å². The molecule has 1 aromatic rings. The molecule has 0 saturated carbocycles. The Morgan fingerprint density at radius 3 is 2.96 bits per heavy atom. The zero-order valence-electron chi connectivity index (χ0n) is 13.8. The summed E-state index contributed by atoms with van der Waals surface area (Å²) in [6.07, 6.45) is 5.65. The van der Waals surface area contributed by atoms with E-state index in [1.54, 1.807) is 0 Å². The smallest absolute Gasteiger partial charge is 0.148 e. The normalized spacial score (nSPS) is 41.6. The second-order valence-electron chi connectivity index (χ2n) is 7.87. The Labute approximate surface area is 137 Å². The molecule has 3 aliphatic heterocycles.